The molecule has 0 heterocycles. The Morgan fingerprint density at radius 3 is 1.43 bits per heavy atom. The Morgan fingerprint density at radius 2 is 1.06 bits per heavy atom. The Balaban J connectivity index is 6.20. The van der Waals surface area contributed by atoms with Gasteiger partial charge in [-0.05, 0) is 146 Å². The van der Waals surface area contributed by atoms with Gasteiger partial charge in [-0.25, -0.2) is 0 Å². The van der Waals surface area contributed by atoms with E-state index in [2.05, 4.69) is 144 Å². The molecule has 5 atom stereocenters. The van der Waals surface area contributed by atoms with Crippen LogP contribution in [-0.4, -0.2) is 18.0 Å². The van der Waals surface area contributed by atoms with Crippen LogP contribution in [0.5, 0.6) is 0 Å². The molecule has 0 amide bonds. The van der Waals surface area contributed by atoms with E-state index in [4.69, 9.17) is 4.99 Å². The van der Waals surface area contributed by atoms with E-state index in [1.807, 2.05) is 20.1 Å². The van der Waals surface area contributed by atoms with Gasteiger partial charge in [0.25, 0.3) is 0 Å². The zero-order valence-corrected chi connectivity index (χ0v) is 40.9. The lowest BCUT2D eigenvalue weighted by molar-refractivity contribution is -0.124. The molecule has 54 heavy (non-hydrogen) atoms. The molecule has 0 aromatic rings. The molecule has 0 aromatic heterocycles. The van der Waals surface area contributed by atoms with Gasteiger partial charge in [-0.3, -0.25) is 9.79 Å². The van der Waals surface area contributed by atoms with Crippen LogP contribution in [0, 0.1) is 62.1 Å². The smallest absolute Gasteiger partial charge is 0.135 e. The monoisotopic (exact) mass is 754 g/mol. The lowest BCUT2D eigenvalue weighted by Gasteiger charge is -2.49. The fraction of sp³-hybridized carbons (Fsp3) is 0.885. The Kier molecular flexibility index (Phi) is 21.6. The topological polar surface area (TPSA) is 29.4 Å². The normalized spacial score (nSPS) is 17.6. The molecule has 0 aliphatic rings. The summed E-state index contributed by atoms with van der Waals surface area (Å²) in [5, 5.41) is 0. The first-order valence-corrected chi connectivity index (χ1v) is 22.8. The molecule has 0 fully saturated rings. The molecule has 0 N–H and O–H groups in total. The van der Waals surface area contributed by atoms with Crippen molar-refractivity contribution < 1.29 is 4.79 Å². The third kappa shape index (κ3) is 19.8. The van der Waals surface area contributed by atoms with Gasteiger partial charge in [-0.2, -0.15) is 0 Å². The van der Waals surface area contributed by atoms with E-state index >= 15 is 0 Å². The summed E-state index contributed by atoms with van der Waals surface area (Å²) in [5.74, 6) is 3.14. The quantitative estimate of drug-likeness (QED) is 0.0578. The number of carbonyl (C=O) groups excluding carboxylic acids is 1. The summed E-state index contributed by atoms with van der Waals surface area (Å²) in [6.45, 7) is 54.7. The lowest BCUT2D eigenvalue weighted by atomic mass is 9.56. The zero-order valence-electron chi connectivity index (χ0n) is 40.9. The van der Waals surface area contributed by atoms with Crippen molar-refractivity contribution in [3.63, 3.8) is 0 Å². The average Bonchev–Trinajstić information content (AvgIpc) is 3.02. The highest BCUT2D eigenvalue weighted by Crippen LogP contribution is 2.55. The van der Waals surface area contributed by atoms with Gasteiger partial charge >= 0.3 is 0 Å². The van der Waals surface area contributed by atoms with Crippen LogP contribution in [0.3, 0.4) is 0 Å². The van der Waals surface area contributed by atoms with E-state index < -0.39 is 0 Å². The van der Waals surface area contributed by atoms with E-state index in [-0.39, 0.29) is 39.0 Å². The Labute approximate surface area is 341 Å². The number of ketones is 1. The van der Waals surface area contributed by atoms with E-state index in [0.29, 0.717) is 29.5 Å². The number of nitrogens with zero attached hydrogens (tertiary/aromatic N) is 1. The Hall–Kier alpha value is -1.18. The molecule has 2 nitrogen and oxygen atoms in total. The van der Waals surface area contributed by atoms with Gasteiger partial charge < -0.3 is 0 Å². The molecule has 318 valence electrons. The molecule has 0 rings (SSSR count). The van der Waals surface area contributed by atoms with E-state index in [0.717, 1.165) is 24.7 Å². The van der Waals surface area contributed by atoms with Crippen LogP contribution in [-0.2, 0) is 4.79 Å². The van der Waals surface area contributed by atoms with E-state index in [9.17, 15) is 4.79 Å². The van der Waals surface area contributed by atoms with Gasteiger partial charge in [-0.15, -0.1) is 0 Å². The summed E-state index contributed by atoms with van der Waals surface area (Å²) < 4.78 is 0. The summed E-state index contributed by atoms with van der Waals surface area (Å²) >= 11 is 0. The number of allylic oxidation sites excluding steroid dienone is 2. The van der Waals surface area contributed by atoms with E-state index in [1.54, 1.807) is 0 Å². The van der Waals surface area contributed by atoms with Crippen molar-refractivity contribution >= 4 is 12.0 Å². The highest BCUT2D eigenvalue weighted by atomic mass is 16.1. The fourth-order valence-electron chi connectivity index (χ4n) is 9.26. The molecule has 0 bridgehead atoms. The highest BCUT2D eigenvalue weighted by molar-refractivity contribution is 5.80. The molecule has 0 spiro atoms. The Bertz CT molecular complexity index is 1170. The van der Waals surface area contributed by atoms with Crippen LogP contribution in [0.1, 0.15) is 229 Å². The molecule has 0 saturated heterocycles. The van der Waals surface area contributed by atoms with Crippen molar-refractivity contribution in [1.29, 1.82) is 0 Å². The predicted molar refractivity (Wildman–Crippen MR) is 246 cm³/mol. The average molecular weight is 754 g/mol. The van der Waals surface area contributed by atoms with E-state index in [1.165, 1.54) is 75.4 Å². The maximum atomic E-state index is 12.8. The molecular formula is C52H99NO. The molecule has 0 saturated carbocycles. The molecular weight excluding hydrogens is 655 g/mol. The second-order valence-corrected chi connectivity index (χ2v) is 23.4. The second-order valence-electron chi connectivity index (χ2n) is 23.4. The first-order chi connectivity index (χ1) is 24.4. The molecule has 5 unspecified atom stereocenters. The SMILES string of the molecule is C=C(CC(C)(C)C(C)CCC(C)(C)CC(CC)(CC(C)(C)CCC(C)C(C)C)CC(C)(C)CCC(C)C(C)(C)CC(=O)C(C)C)C(C)N=C/C(C)=C/CC. The molecule has 0 aliphatic carbocycles. The summed E-state index contributed by atoms with van der Waals surface area (Å²) in [6.07, 6.45) is 19.6. The summed E-state index contributed by atoms with van der Waals surface area (Å²) in [5.41, 5.74) is 3.77. The molecule has 0 aliphatic heterocycles. The van der Waals surface area contributed by atoms with Crippen molar-refractivity contribution in [2.24, 2.45) is 67.1 Å². The molecule has 0 radical (unpaired) electrons. The van der Waals surface area contributed by atoms with Crippen molar-refractivity contribution in [2.45, 2.75) is 235 Å². The largest absolute Gasteiger partial charge is 0.299 e. The number of Topliss-reactive ketones (excluding diaryl/α,β-unsaturated/α-hetero) is 1. The Morgan fingerprint density at radius 1 is 0.648 bits per heavy atom. The van der Waals surface area contributed by atoms with Crippen LogP contribution in [0.4, 0.5) is 0 Å². The predicted octanol–water partition coefficient (Wildman–Crippen LogP) is 17.0. The minimum atomic E-state index is 0.0312. The third-order valence-electron chi connectivity index (χ3n) is 14.5. The summed E-state index contributed by atoms with van der Waals surface area (Å²) in [4.78, 5) is 17.6. The summed E-state index contributed by atoms with van der Waals surface area (Å²) in [6, 6.07) is 0.144. The van der Waals surface area contributed by atoms with Gasteiger partial charge in [0.2, 0.25) is 0 Å². The van der Waals surface area contributed by atoms with Crippen molar-refractivity contribution in [3.05, 3.63) is 23.8 Å². The number of rotatable bonds is 28. The minimum absolute atomic E-state index is 0.0312. The third-order valence-corrected chi connectivity index (χ3v) is 14.5. The number of aliphatic imine (C=N–C) groups is 1. The van der Waals surface area contributed by atoms with Crippen LogP contribution >= 0.6 is 0 Å². The number of carbonyl (C=O) groups is 1. The maximum absolute atomic E-state index is 12.8. The fourth-order valence-corrected chi connectivity index (χ4v) is 9.26. The van der Waals surface area contributed by atoms with Crippen molar-refractivity contribution in [1.82, 2.24) is 0 Å². The van der Waals surface area contributed by atoms with Gasteiger partial charge in [0.1, 0.15) is 5.78 Å². The van der Waals surface area contributed by atoms with Crippen molar-refractivity contribution in [3.8, 4) is 0 Å². The number of hydrogen-bond acceptors (Lipinski definition) is 2. The van der Waals surface area contributed by atoms with Crippen LogP contribution in [0.2, 0.25) is 0 Å². The standard InChI is InChI=1S/C52H99NO/c1-23-25-40(7)34-53-45(12)42(9)32-50(19,20)43(10)27-30-48(15,16)36-52(24-2,35-47(13,14)29-26-41(8)38(3)4)37-49(17,18)31-28-44(11)51(21,22)33-46(54)39(5)6/h25,34,38-39,41,43-45H,9,23-24,26-33,35-37H2,1-8,10-22H3/b40-25+,53-34?. The zero-order chi connectivity index (χ0) is 42.5. The van der Waals surface area contributed by atoms with Crippen LogP contribution < -0.4 is 0 Å². The lowest BCUT2D eigenvalue weighted by Crippen LogP contribution is -2.37. The maximum Gasteiger partial charge on any atom is 0.135 e. The van der Waals surface area contributed by atoms with Crippen LogP contribution in [0.15, 0.2) is 28.8 Å². The van der Waals surface area contributed by atoms with Crippen molar-refractivity contribution in [2.75, 3.05) is 0 Å². The van der Waals surface area contributed by atoms with Gasteiger partial charge in [0.05, 0.1) is 6.04 Å². The first-order valence-electron chi connectivity index (χ1n) is 22.8. The molecule has 2 heteroatoms. The first kappa shape index (κ1) is 52.8. The minimum Gasteiger partial charge on any atom is -0.299 e. The van der Waals surface area contributed by atoms with Gasteiger partial charge in [0.15, 0.2) is 0 Å². The van der Waals surface area contributed by atoms with Gasteiger partial charge in [-0.1, -0.05) is 156 Å². The summed E-state index contributed by atoms with van der Waals surface area (Å²) in [7, 11) is 0. The van der Waals surface area contributed by atoms with Gasteiger partial charge in [0, 0.05) is 18.6 Å². The molecule has 0 aromatic carbocycles. The highest BCUT2D eigenvalue weighted by Gasteiger charge is 2.43. The van der Waals surface area contributed by atoms with Crippen LogP contribution in [0.25, 0.3) is 0 Å². The second kappa shape index (κ2) is 22.1. The number of hydrogen-bond donors (Lipinski definition) is 0.